The molecule has 1 amide bonds. The lowest BCUT2D eigenvalue weighted by Crippen LogP contribution is -2.05. The fourth-order valence-corrected chi connectivity index (χ4v) is 1.05. The Bertz CT molecular complexity index is 290. The van der Waals surface area contributed by atoms with Crippen molar-refractivity contribution in [2.75, 3.05) is 5.32 Å². The predicted molar refractivity (Wildman–Crippen MR) is 51.4 cm³/mol. The largest absolute Gasteiger partial charge is 0.389 e. The zero-order valence-corrected chi connectivity index (χ0v) is 7.74. The highest BCUT2D eigenvalue weighted by Gasteiger charge is 2.00. The van der Waals surface area contributed by atoms with Gasteiger partial charge >= 0.3 is 0 Å². The van der Waals surface area contributed by atoms with Gasteiger partial charge in [-0.1, -0.05) is 12.1 Å². The highest BCUT2D eigenvalue weighted by Crippen LogP contribution is 2.15. The maximum atomic E-state index is 10.7. The predicted octanol–water partition coefficient (Wildman–Crippen LogP) is 1.70. The fraction of sp³-hybridized carbons (Fsp3) is 0.300. The van der Waals surface area contributed by atoms with E-state index in [1.807, 2.05) is 0 Å². The highest BCUT2D eigenvalue weighted by atomic mass is 16.3. The van der Waals surface area contributed by atoms with Crippen molar-refractivity contribution < 1.29 is 9.90 Å². The van der Waals surface area contributed by atoms with Crippen molar-refractivity contribution in [3.8, 4) is 0 Å². The molecule has 1 aromatic carbocycles. The summed E-state index contributed by atoms with van der Waals surface area (Å²) in [6.45, 7) is 3.16. The summed E-state index contributed by atoms with van der Waals surface area (Å²) in [4.78, 5) is 10.7. The zero-order chi connectivity index (χ0) is 9.84. The number of aliphatic hydroxyl groups is 1. The third-order valence-electron chi connectivity index (χ3n) is 1.71. The molecule has 0 heterocycles. The maximum Gasteiger partial charge on any atom is 0.221 e. The third kappa shape index (κ3) is 2.87. The first-order chi connectivity index (χ1) is 6.09. The molecular formula is C10H13NO2. The van der Waals surface area contributed by atoms with E-state index >= 15 is 0 Å². The minimum Gasteiger partial charge on any atom is -0.389 e. The molecule has 0 aliphatic rings. The number of rotatable bonds is 2. The van der Waals surface area contributed by atoms with Crippen LogP contribution in [0, 0.1) is 0 Å². The Labute approximate surface area is 77.4 Å². The Balaban J connectivity index is 2.75. The number of benzene rings is 1. The lowest BCUT2D eigenvalue weighted by Gasteiger charge is -2.06. The average molecular weight is 179 g/mol. The Kier molecular flexibility index (Phi) is 3.03. The van der Waals surface area contributed by atoms with Crippen molar-refractivity contribution in [3.05, 3.63) is 29.8 Å². The molecule has 1 atom stereocenters. The van der Waals surface area contributed by atoms with E-state index in [1.165, 1.54) is 6.92 Å². The Morgan fingerprint density at radius 3 is 2.31 bits per heavy atom. The van der Waals surface area contributed by atoms with Gasteiger partial charge in [-0.2, -0.15) is 0 Å². The van der Waals surface area contributed by atoms with E-state index in [9.17, 15) is 9.90 Å². The van der Waals surface area contributed by atoms with Gasteiger partial charge in [0.2, 0.25) is 5.91 Å². The second-order valence-corrected chi connectivity index (χ2v) is 2.98. The van der Waals surface area contributed by atoms with E-state index in [4.69, 9.17) is 0 Å². The summed E-state index contributed by atoms with van der Waals surface area (Å²) in [6.07, 6.45) is -0.466. The molecule has 0 aromatic heterocycles. The maximum absolute atomic E-state index is 10.7. The van der Waals surface area contributed by atoms with E-state index < -0.39 is 6.10 Å². The lowest BCUT2D eigenvalue weighted by molar-refractivity contribution is -0.114. The summed E-state index contributed by atoms with van der Waals surface area (Å²) < 4.78 is 0. The molecular weight excluding hydrogens is 166 g/mol. The Morgan fingerprint density at radius 1 is 1.38 bits per heavy atom. The second-order valence-electron chi connectivity index (χ2n) is 2.98. The first kappa shape index (κ1) is 9.74. The van der Waals surface area contributed by atoms with Gasteiger partial charge in [0.05, 0.1) is 6.10 Å². The standard InChI is InChI=1S/C10H13NO2/c1-7(12)9-3-5-10(6-4-9)11-8(2)13/h3-7,12H,1-2H3,(H,11,13)/t7-/m0/s1. The van der Waals surface area contributed by atoms with Crippen LogP contribution in [0.15, 0.2) is 24.3 Å². The molecule has 0 aliphatic heterocycles. The van der Waals surface area contributed by atoms with E-state index in [0.29, 0.717) is 0 Å². The molecule has 0 bridgehead atoms. The van der Waals surface area contributed by atoms with Crippen molar-refractivity contribution >= 4 is 11.6 Å². The number of hydrogen-bond acceptors (Lipinski definition) is 2. The second kappa shape index (κ2) is 4.05. The first-order valence-corrected chi connectivity index (χ1v) is 4.15. The van der Waals surface area contributed by atoms with Crippen LogP contribution in [0.3, 0.4) is 0 Å². The normalized spacial score (nSPS) is 12.2. The van der Waals surface area contributed by atoms with E-state index in [0.717, 1.165) is 11.3 Å². The smallest absolute Gasteiger partial charge is 0.221 e. The number of anilines is 1. The van der Waals surface area contributed by atoms with Gasteiger partial charge in [-0.05, 0) is 24.6 Å². The van der Waals surface area contributed by atoms with Gasteiger partial charge in [0, 0.05) is 12.6 Å². The van der Waals surface area contributed by atoms with E-state index in [1.54, 1.807) is 31.2 Å². The monoisotopic (exact) mass is 179 g/mol. The highest BCUT2D eigenvalue weighted by molar-refractivity contribution is 5.88. The van der Waals surface area contributed by atoms with Crippen LogP contribution in [-0.4, -0.2) is 11.0 Å². The number of amides is 1. The van der Waals surface area contributed by atoms with Crippen molar-refractivity contribution in [2.45, 2.75) is 20.0 Å². The summed E-state index contributed by atoms with van der Waals surface area (Å²) in [5, 5.41) is 11.9. The van der Waals surface area contributed by atoms with Gasteiger partial charge in [0.25, 0.3) is 0 Å². The number of carbonyl (C=O) groups excluding carboxylic acids is 1. The number of nitrogens with one attached hydrogen (secondary N) is 1. The molecule has 0 saturated heterocycles. The van der Waals surface area contributed by atoms with Crippen LogP contribution in [0.5, 0.6) is 0 Å². The molecule has 70 valence electrons. The number of hydrogen-bond donors (Lipinski definition) is 2. The molecule has 0 radical (unpaired) electrons. The quantitative estimate of drug-likeness (QED) is 0.726. The number of carbonyl (C=O) groups is 1. The fourth-order valence-electron chi connectivity index (χ4n) is 1.05. The summed E-state index contributed by atoms with van der Waals surface area (Å²) in [7, 11) is 0. The Hall–Kier alpha value is -1.35. The molecule has 0 spiro atoms. The van der Waals surface area contributed by atoms with Crippen LogP contribution < -0.4 is 5.32 Å². The molecule has 0 aliphatic carbocycles. The minimum atomic E-state index is -0.466. The molecule has 3 heteroatoms. The molecule has 0 fully saturated rings. The van der Waals surface area contributed by atoms with E-state index in [2.05, 4.69) is 5.32 Å². The first-order valence-electron chi connectivity index (χ1n) is 4.15. The van der Waals surface area contributed by atoms with Crippen LogP contribution in [0.1, 0.15) is 25.5 Å². The van der Waals surface area contributed by atoms with Crippen LogP contribution in [0.2, 0.25) is 0 Å². The summed E-state index contributed by atoms with van der Waals surface area (Å²) >= 11 is 0. The molecule has 0 saturated carbocycles. The van der Waals surface area contributed by atoms with Crippen LogP contribution in [-0.2, 0) is 4.79 Å². The molecule has 3 nitrogen and oxygen atoms in total. The van der Waals surface area contributed by atoms with Gasteiger partial charge in [-0.3, -0.25) is 4.79 Å². The van der Waals surface area contributed by atoms with Crippen molar-refractivity contribution in [2.24, 2.45) is 0 Å². The van der Waals surface area contributed by atoms with Crippen LogP contribution in [0.4, 0.5) is 5.69 Å². The number of aliphatic hydroxyl groups excluding tert-OH is 1. The molecule has 2 N–H and O–H groups in total. The van der Waals surface area contributed by atoms with Gasteiger partial charge in [0.1, 0.15) is 0 Å². The van der Waals surface area contributed by atoms with Crippen LogP contribution >= 0.6 is 0 Å². The summed E-state index contributed by atoms with van der Waals surface area (Å²) in [5.74, 6) is -0.0928. The van der Waals surface area contributed by atoms with Gasteiger partial charge in [-0.15, -0.1) is 0 Å². The minimum absolute atomic E-state index is 0.0928. The zero-order valence-electron chi connectivity index (χ0n) is 7.74. The summed E-state index contributed by atoms with van der Waals surface area (Å²) in [6, 6.07) is 7.11. The van der Waals surface area contributed by atoms with Crippen molar-refractivity contribution in [3.63, 3.8) is 0 Å². The SMILES string of the molecule is CC(=O)Nc1ccc([C@H](C)O)cc1. The average Bonchev–Trinajstić information content (AvgIpc) is 2.04. The summed E-state index contributed by atoms with van der Waals surface area (Å²) in [5.41, 5.74) is 1.59. The third-order valence-corrected chi connectivity index (χ3v) is 1.71. The molecule has 1 aromatic rings. The lowest BCUT2D eigenvalue weighted by atomic mass is 10.1. The van der Waals surface area contributed by atoms with Crippen LogP contribution in [0.25, 0.3) is 0 Å². The van der Waals surface area contributed by atoms with Gasteiger partial charge < -0.3 is 10.4 Å². The van der Waals surface area contributed by atoms with Crippen molar-refractivity contribution in [1.82, 2.24) is 0 Å². The molecule has 13 heavy (non-hydrogen) atoms. The molecule has 0 unspecified atom stereocenters. The van der Waals surface area contributed by atoms with Crippen molar-refractivity contribution in [1.29, 1.82) is 0 Å². The molecule has 1 rings (SSSR count). The Morgan fingerprint density at radius 2 is 1.92 bits per heavy atom. The topological polar surface area (TPSA) is 49.3 Å². The van der Waals surface area contributed by atoms with Gasteiger partial charge in [0.15, 0.2) is 0 Å². The van der Waals surface area contributed by atoms with E-state index in [-0.39, 0.29) is 5.91 Å². The van der Waals surface area contributed by atoms with Gasteiger partial charge in [-0.25, -0.2) is 0 Å².